The van der Waals surface area contributed by atoms with Crippen LogP contribution in [0.1, 0.15) is 58.8 Å². The van der Waals surface area contributed by atoms with Gasteiger partial charge in [-0.25, -0.2) is 0 Å². The van der Waals surface area contributed by atoms with Gasteiger partial charge in [-0.05, 0) is 26.2 Å². The molecule has 0 radical (unpaired) electrons. The molecule has 0 unspecified atom stereocenters. The molecule has 0 aromatic carbocycles. The molecular formula is C14H24O4. The highest BCUT2D eigenvalue weighted by atomic mass is 16.6. The van der Waals surface area contributed by atoms with Crippen LogP contribution in [0, 0.1) is 5.92 Å². The predicted molar refractivity (Wildman–Crippen MR) is 68.0 cm³/mol. The number of esters is 2. The number of hydrogen-bond donors (Lipinski definition) is 0. The zero-order chi connectivity index (χ0) is 13.4. The highest BCUT2D eigenvalue weighted by Gasteiger charge is 2.16. The van der Waals surface area contributed by atoms with Crippen LogP contribution in [-0.2, 0) is 19.1 Å². The maximum absolute atomic E-state index is 11.4. The fourth-order valence-corrected chi connectivity index (χ4v) is 2.29. The van der Waals surface area contributed by atoms with Crippen LogP contribution < -0.4 is 0 Å². The Kier molecular flexibility index (Phi) is 6.76. The average molecular weight is 256 g/mol. The summed E-state index contributed by atoms with van der Waals surface area (Å²) >= 11 is 0. The second kappa shape index (κ2) is 8.11. The van der Waals surface area contributed by atoms with Crippen LogP contribution in [0.4, 0.5) is 0 Å². The molecule has 104 valence electrons. The second-order valence-electron chi connectivity index (χ2n) is 5.23. The van der Waals surface area contributed by atoms with Crippen molar-refractivity contribution in [2.75, 3.05) is 6.61 Å². The Morgan fingerprint density at radius 1 is 1.11 bits per heavy atom. The van der Waals surface area contributed by atoms with Crippen molar-refractivity contribution in [3.05, 3.63) is 0 Å². The molecule has 1 saturated carbocycles. The minimum Gasteiger partial charge on any atom is -0.465 e. The van der Waals surface area contributed by atoms with Crippen molar-refractivity contribution in [1.29, 1.82) is 0 Å². The lowest BCUT2D eigenvalue weighted by molar-refractivity contribution is -0.156. The quantitative estimate of drug-likeness (QED) is 0.541. The van der Waals surface area contributed by atoms with Gasteiger partial charge in [0.15, 0.2) is 0 Å². The van der Waals surface area contributed by atoms with Gasteiger partial charge in [0.25, 0.3) is 0 Å². The first kappa shape index (κ1) is 15.0. The molecule has 0 N–H and O–H groups in total. The predicted octanol–water partition coefficient (Wildman–Crippen LogP) is 2.84. The lowest BCUT2D eigenvalue weighted by Crippen LogP contribution is -2.18. The Balaban J connectivity index is 2.07. The Morgan fingerprint density at radius 3 is 2.39 bits per heavy atom. The van der Waals surface area contributed by atoms with Crippen molar-refractivity contribution in [2.45, 2.75) is 64.9 Å². The van der Waals surface area contributed by atoms with Crippen LogP contribution >= 0.6 is 0 Å². The van der Waals surface area contributed by atoms with E-state index in [0.29, 0.717) is 12.5 Å². The van der Waals surface area contributed by atoms with Gasteiger partial charge in [0, 0.05) is 0 Å². The third-order valence-corrected chi connectivity index (χ3v) is 3.17. The first-order chi connectivity index (χ1) is 8.58. The van der Waals surface area contributed by atoms with Crippen LogP contribution in [0.2, 0.25) is 0 Å². The maximum atomic E-state index is 11.4. The minimum absolute atomic E-state index is 0.187. The molecule has 0 bridgehead atoms. The first-order valence-corrected chi connectivity index (χ1v) is 6.93. The number of carbonyl (C=O) groups is 2. The van der Waals surface area contributed by atoms with Crippen molar-refractivity contribution < 1.29 is 19.1 Å². The molecule has 1 fully saturated rings. The molecule has 0 aromatic rings. The minimum atomic E-state index is -0.507. The van der Waals surface area contributed by atoms with Gasteiger partial charge in [-0.15, -0.1) is 0 Å². The highest BCUT2D eigenvalue weighted by Crippen LogP contribution is 2.26. The highest BCUT2D eigenvalue weighted by molar-refractivity contribution is 5.91. The zero-order valence-corrected chi connectivity index (χ0v) is 11.4. The van der Waals surface area contributed by atoms with E-state index in [0.717, 1.165) is 6.42 Å². The Bertz CT molecular complexity index is 267. The third kappa shape index (κ3) is 6.62. The fraction of sp³-hybridized carbons (Fsp3) is 0.857. The summed E-state index contributed by atoms with van der Waals surface area (Å²) in [6.45, 7) is 3.94. The Labute approximate surface area is 109 Å². The molecule has 1 rings (SSSR count). The molecule has 0 aromatic heterocycles. The van der Waals surface area contributed by atoms with E-state index < -0.39 is 11.9 Å². The van der Waals surface area contributed by atoms with Gasteiger partial charge in [-0.2, -0.15) is 0 Å². The molecule has 1 aliphatic carbocycles. The molecule has 18 heavy (non-hydrogen) atoms. The number of hydrogen-bond acceptors (Lipinski definition) is 4. The monoisotopic (exact) mass is 256 g/mol. The van der Waals surface area contributed by atoms with E-state index in [1.807, 2.05) is 0 Å². The smallest absolute Gasteiger partial charge is 0.317 e. The van der Waals surface area contributed by atoms with Crippen molar-refractivity contribution in [3.63, 3.8) is 0 Å². The molecule has 0 heterocycles. The van der Waals surface area contributed by atoms with E-state index in [1.54, 1.807) is 13.8 Å². The van der Waals surface area contributed by atoms with Crippen LogP contribution in [0.5, 0.6) is 0 Å². The molecular weight excluding hydrogens is 232 g/mol. The van der Waals surface area contributed by atoms with E-state index in [1.165, 1.54) is 32.1 Å². The van der Waals surface area contributed by atoms with Gasteiger partial charge in [0.2, 0.25) is 0 Å². The van der Waals surface area contributed by atoms with Crippen molar-refractivity contribution in [1.82, 2.24) is 0 Å². The molecule has 0 aliphatic heterocycles. The summed E-state index contributed by atoms with van der Waals surface area (Å²) in [5.41, 5.74) is 0. The molecule has 0 amide bonds. The molecule has 4 nitrogen and oxygen atoms in total. The lowest BCUT2D eigenvalue weighted by atomic mass is 9.87. The van der Waals surface area contributed by atoms with Crippen LogP contribution in [-0.4, -0.2) is 24.6 Å². The van der Waals surface area contributed by atoms with Crippen LogP contribution in [0.25, 0.3) is 0 Å². The van der Waals surface area contributed by atoms with E-state index in [-0.39, 0.29) is 12.5 Å². The van der Waals surface area contributed by atoms with Crippen molar-refractivity contribution >= 4 is 11.9 Å². The number of ether oxygens (including phenoxy) is 2. The van der Waals surface area contributed by atoms with Crippen molar-refractivity contribution in [2.24, 2.45) is 5.92 Å². The molecule has 0 spiro atoms. The topological polar surface area (TPSA) is 52.6 Å². The normalized spacial score (nSPS) is 16.6. The molecule has 0 saturated heterocycles. The SMILES string of the molecule is CC(C)OC(=O)CC(=O)OCCC1CCCCC1. The summed E-state index contributed by atoms with van der Waals surface area (Å²) in [7, 11) is 0. The van der Waals surface area contributed by atoms with E-state index in [2.05, 4.69) is 0 Å². The van der Waals surface area contributed by atoms with E-state index in [4.69, 9.17) is 9.47 Å². The van der Waals surface area contributed by atoms with Crippen LogP contribution in [0.15, 0.2) is 0 Å². The largest absolute Gasteiger partial charge is 0.465 e. The van der Waals surface area contributed by atoms with Gasteiger partial charge in [0.1, 0.15) is 6.42 Å². The molecule has 1 aliphatic rings. The standard InChI is InChI=1S/C14H24O4/c1-11(2)18-14(16)10-13(15)17-9-8-12-6-4-3-5-7-12/h11-12H,3-10H2,1-2H3. The zero-order valence-electron chi connectivity index (χ0n) is 11.4. The Hall–Kier alpha value is -1.06. The summed E-state index contributed by atoms with van der Waals surface area (Å²) in [6, 6.07) is 0. The third-order valence-electron chi connectivity index (χ3n) is 3.17. The van der Waals surface area contributed by atoms with Gasteiger partial charge in [-0.3, -0.25) is 9.59 Å². The Morgan fingerprint density at radius 2 is 1.78 bits per heavy atom. The van der Waals surface area contributed by atoms with Crippen molar-refractivity contribution in [3.8, 4) is 0 Å². The average Bonchev–Trinajstić information content (AvgIpc) is 2.29. The summed E-state index contributed by atoms with van der Waals surface area (Å²) in [5.74, 6) is -0.293. The fourth-order valence-electron chi connectivity index (χ4n) is 2.29. The first-order valence-electron chi connectivity index (χ1n) is 6.93. The lowest BCUT2D eigenvalue weighted by Gasteiger charge is -2.21. The van der Waals surface area contributed by atoms with E-state index in [9.17, 15) is 9.59 Å². The molecule has 0 atom stereocenters. The van der Waals surface area contributed by atoms with Gasteiger partial charge in [0.05, 0.1) is 12.7 Å². The number of rotatable bonds is 6. The van der Waals surface area contributed by atoms with Crippen LogP contribution in [0.3, 0.4) is 0 Å². The van der Waals surface area contributed by atoms with Gasteiger partial charge in [-0.1, -0.05) is 32.1 Å². The maximum Gasteiger partial charge on any atom is 0.317 e. The molecule has 4 heteroatoms. The number of carbonyl (C=O) groups excluding carboxylic acids is 2. The van der Waals surface area contributed by atoms with Gasteiger partial charge < -0.3 is 9.47 Å². The second-order valence-corrected chi connectivity index (χ2v) is 5.23. The summed E-state index contributed by atoms with van der Waals surface area (Å²) in [6.07, 6.45) is 6.86. The summed E-state index contributed by atoms with van der Waals surface area (Å²) in [5, 5.41) is 0. The summed E-state index contributed by atoms with van der Waals surface area (Å²) in [4.78, 5) is 22.6. The van der Waals surface area contributed by atoms with Gasteiger partial charge >= 0.3 is 11.9 Å². The summed E-state index contributed by atoms with van der Waals surface area (Å²) < 4.78 is 9.93. The van der Waals surface area contributed by atoms with E-state index >= 15 is 0 Å².